The van der Waals surface area contributed by atoms with Gasteiger partial charge in [0.25, 0.3) is 0 Å². The first-order valence-electron chi connectivity index (χ1n) is 6.13. The lowest BCUT2D eigenvalue weighted by Gasteiger charge is -2.05. The summed E-state index contributed by atoms with van der Waals surface area (Å²) < 4.78 is 1.56. The zero-order valence-electron chi connectivity index (χ0n) is 10.9. The maximum absolute atomic E-state index is 11.5. The Morgan fingerprint density at radius 2 is 2.26 bits per heavy atom. The number of aromatic amines is 1. The molecule has 2 aromatic heterocycles. The molecule has 0 spiro atoms. The van der Waals surface area contributed by atoms with Crippen molar-refractivity contribution in [2.24, 2.45) is 0 Å². The van der Waals surface area contributed by atoms with Gasteiger partial charge in [-0.25, -0.2) is 19.9 Å². The average Bonchev–Trinajstić information content (AvgIpc) is 2.77. The summed E-state index contributed by atoms with van der Waals surface area (Å²) in [5.41, 5.74) is -0.205. The number of nitrogens with zero attached hydrogens (tertiary/aromatic N) is 4. The van der Waals surface area contributed by atoms with E-state index >= 15 is 0 Å². The second-order valence-electron chi connectivity index (χ2n) is 3.83. The van der Waals surface area contributed by atoms with E-state index in [-0.39, 0.29) is 5.69 Å². The standard InChI is InChI=1S/C11H16N6OS/c1-3-5-12-8-6-9(14-7-13-8)19-11-16-15-10(18)17(11)4-2/h6-7H,3-5H2,1-2H3,(H,15,18)(H,12,13,14). The van der Waals surface area contributed by atoms with Gasteiger partial charge in [0.1, 0.15) is 17.2 Å². The molecule has 0 saturated heterocycles. The molecule has 0 aliphatic carbocycles. The molecular formula is C11H16N6OS. The van der Waals surface area contributed by atoms with Crippen molar-refractivity contribution in [3.8, 4) is 0 Å². The first-order valence-corrected chi connectivity index (χ1v) is 6.95. The van der Waals surface area contributed by atoms with E-state index in [1.54, 1.807) is 4.57 Å². The fourth-order valence-electron chi connectivity index (χ4n) is 1.50. The van der Waals surface area contributed by atoms with Crippen LogP contribution in [0.4, 0.5) is 5.82 Å². The van der Waals surface area contributed by atoms with Gasteiger partial charge in [0.05, 0.1) is 0 Å². The summed E-state index contributed by atoms with van der Waals surface area (Å²) in [5.74, 6) is 0.778. The fraction of sp³-hybridized carbons (Fsp3) is 0.455. The normalized spacial score (nSPS) is 10.6. The third-order valence-corrected chi connectivity index (χ3v) is 3.36. The van der Waals surface area contributed by atoms with Crippen molar-refractivity contribution in [2.75, 3.05) is 11.9 Å². The largest absolute Gasteiger partial charge is 0.370 e. The maximum Gasteiger partial charge on any atom is 0.343 e. The molecule has 0 aliphatic heterocycles. The van der Waals surface area contributed by atoms with Crippen LogP contribution in [-0.2, 0) is 6.54 Å². The van der Waals surface area contributed by atoms with Crippen molar-refractivity contribution in [1.29, 1.82) is 0 Å². The van der Waals surface area contributed by atoms with Crippen molar-refractivity contribution < 1.29 is 0 Å². The minimum absolute atomic E-state index is 0.205. The Labute approximate surface area is 114 Å². The lowest BCUT2D eigenvalue weighted by molar-refractivity contribution is 0.660. The zero-order valence-corrected chi connectivity index (χ0v) is 11.7. The number of hydrogen-bond acceptors (Lipinski definition) is 6. The molecule has 0 unspecified atom stereocenters. The molecule has 7 nitrogen and oxygen atoms in total. The Hall–Kier alpha value is -1.83. The summed E-state index contributed by atoms with van der Waals surface area (Å²) in [5, 5.41) is 11.0. The summed E-state index contributed by atoms with van der Waals surface area (Å²) in [4.78, 5) is 19.8. The molecule has 19 heavy (non-hydrogen) atoms. The van der Waals surface area contributed by atoms with Crippen LogP contribution in [0.1, 0.15) is 20.3 Å². The molecule has 2 rings (SSSR count). The second kappa shape index (κ2) is 6.37. The van der Waals surface area contributed by atoms with E-state index in [0.717, 1.165) is 23.8 Å². The number of hydrogen-bond donors (Lipinski definition) is 2. The van der Waals surface area contributed by atoms with Gasteiger partial charge in [0.2, 0.25) is 0 Å². The average molecular weight is 280 g/mol. The summed E-state index contributed by atoms with van der Waals surface area (Å²) in [7, 11) is 0. The smallest absolute Gasteiger partial charge is 0.343 e. The van der Waals surface area contributed by atoms with Crippen LogP contribution >= 0.6 is 11.8 Å². The molecule has 2 heterocycles. The fourth-order valence-corrected chi connectivity index (χ4v) is 2.37. The van der Waals surface area contributed by atoms with Gasteiger partial charge < -0.3 is 5.32 Å². The van der Waals surface area contributed by atoms with Crippen LogP contribution in [-0.4, -0.2) is 31.3 Å². The van der Waals surface area contributed by atoms with E-state index in [0.29, 0.717) is 11.7 Å². The van der Waals surface area contributed by atoms with Gasteiger partial charge in [-0.2, -0.15) is 0 Å². The highest BCUT2D eigenvalue weighted by molar-refractivity contribution is 7.99. The lowest BCUT2D eigenvalue weighted by Crippen LogP contribution is -2.16. The molecule has 0 aromatic carbocycles. The molecule has 8 heteroatoms. The van der Waals surface area contributed by atoms with Crippen LogP contribution in [0.15, 0.2) is 27.4 Å². The Balaban J connectivity index is 2.16. The molecule has 0 atom stereocenters. The van der Waals surface area contributed by atoms with E-state index in [4.69, 9.17) is 0 Å². The van der Waals surface area contributed by atoms with Crippen LogP contribution in [0, 0.1) is 0 Å². The van der Waals surface area contributed by atoms with E-state index in [1.807, 2.05) is 13.0 Å². The predicted molar refractivity (Wildman–Crippen MR) is 73.5 cm³/mol. The molecule has 2 aromatic rings. The monoisotopic (exact) mass is 280 g/mol. The highest BCUT2D eigenvalue weighted by Gasteiger charge is 2.09. The van der Waals surface area contributed by atoms with E-state index < -0.39 is 0 Å². The van der Waals surface area contributed by atoms with Crippen LogP contribution < -0.4 is 11.0 Å². The van der Waals surface area contributed by atoms with Gasteiger partial charge in [0, 0.05) is 19.2 Å². The molecule has 0 amide bonds. The van der Waals surface area contributed by atoms with E-state index in [1.165, 1.54) is 18.1 Å². The molecule has 0 fully saturated rings. The number of anilines is 1. The van der Waals surface area contributed by atoms with Gasteiger partial charge in [-0.05, 0) is 25.1 Å². The first-order chi connectivity index (χ1) is 9.24. The molecule has 0 bridgehead atoms. The molecule has 2 N–H and O–H groups in total. The third kappa shape index (κ3) is 3.34. The van der Waals surface area contributed by atoms with Gasteiger partial charge in [-0.15, -0.1) is 5.10 Å². The Kier molecular flexibility index (Phi) is 4.56. The highest BCUT2D eigenvalue weighted by atomic mass is 32.2. The van der Waals surface area contributed by atoms with Crippen LogP contribution in [0.3, 0.4) is 0 Å². The number of aromatic nitrogens is 5. The van der Waals surface area contributed by atoms with Crippen molar-refractivity contribution >= 4 is 17.6 Å². The van der Waals surface area contributed by atoms with E-state index in [9.17, 15) is 4.79 Å². The van der Waals surface area contributed by atoms with Crippen LogP contribution in [0.25, 0.3) is 0 Å². The number of H-pyrrole nitrogens is 1. The minimum atomic E-state index is -0.205. The molecule has 0 aliphatic rings. The van der Waals surface area contributed by atoms with Crippen molar-refractivity contribution in [3.63, 3.8) is 0 Å². The topological polar surface area (TPSA) is 88.5 Å². The second-order valence-corrected chi connectivity index (χ2v) is 4.81. The molecule has 0 saturated carbocycles. The van der Waals surface area contributed by atoms with Gasteiger partial charge >= 0.3 is 5.69 Å². The molecule has 0 radical (unpaired) electrons. The Morgan fingerprint density at radius 1 is 1.42 bits per heavy atom. The first kappa shape index (κ1) is 13.6. The third-order valence-electron chi connectivity index (χ3n) is 2.43. The zero-order chi connectivity index (χ0) is 13.7. The van der Waals surface area contributed by atoms with Crippen LogP contribution in [0.5, 0.6) is 0 Å². The number of rotatable bonds is 6. The Bertz CT molecular complexity index is 593. The predicted octanol–water partition coefficient (Wildman–Crippen LogP) is 1.35. The van der Waals surface area contributed by atoms with Gasteiger partial charge in [-0.3, -0.25) is 4.57 Å². The maximum atomic E-state index is 11.5. The molecule has 102 valence electrons. The SMILES string of the molecule is CCCNc1cc(Sc2n[nH]c(=O)n2CC)ncn1. The molecular weight excluding hydrogens is 264 g/mol. The van der Waals surface area contributed by atoms with Crippen molar-refractivity contribution in [3.05, 3.63) is 22.9 Å². The minimum Gasteiger partial charge on any atom is -0.370 e. The summed E-state index contributed by atoms with van der Waals surface area (Å²) >= 11 is 1.34. The summed E-state index contributed by atoms with van der Waals surface area (Å²) in [6.07, 6.45) is 2.53. The lowest BCUT2D eigenvalue weighted by atomic mass is 10.4. The van der Waals surface area contributed by atoms with Crippen molar-refractivity contribution in [2.45, 2.75) is 37.0 Å². The quantitative estimate of drug-likeness (QED) is 0.777. The summed E-state index contributed by atoms with van der Waals surface area (Å²) in [6.45, 7) is 5.43. The summed E-state index contributed by atoms with van der Waals surface area (Å²) in [6, 6.07) is 1.85. The van der Waals surface area contributed by atoms with E-state index in [2.05, 4.69) is 32.4 Å². The Morgan fingerprint density at radius 3 is 3.00 bits per heavy atom. The van der Waals surface area contributed by atoms with Crippen molar-refractivity contribution in [1.82, 2.24) is 24.7 Å². The van der Waals surface area contributed by atoms with Crippen LogP contribution in [0.2, 0.25) is 0 Å². The van der Waals surface area contributed by atoms with Gasteiger partial charge in [-0.1, -0.05) is 6.92 Å². The highest BCUT2D eigenvalue weighted by Crippen LogP contribution is 2.23. The van der Waals surface area contributed by atoms with Gasteiger partial charge in [0.15, 0.2) is 5.16 Å². The number of nitrogens with one attached hydrogen (secondary N) is 2.